The van der Waals surface area contributed by atoms with Crippen molar-refractivity contribution < 1.29 is 9.13 Å². The predicted molar refractivity (Wildman–Crippen MR) is 143 cm³/mol. The number of aryl methyl sites for hydroxylation is 1. The molecule has 0 unspecified atom stereocenters. The van der Waals surface area contributed by atoms with Crippen molar-refractivity contribution in [1.29, 1.82) is 5.41 Å². The Morgan fingerprint density at radius 1 is 0.972 bits per heavy atom. The summed E-state index contributed by atoms with van der Waals surface area (Å²) in [7, 11) is 0. The number of rotatable bonds is 8. The van der Waals surface area contributed by atoms with E-state index in [1.165, 1.54) is 16.7 Å². The maximum Gasteiger partial charge on any atom is 0.339 e. The molecule has 7 heteroatoms. The van der Waals surface area contributed by atoms with Gasteiger partial charge >= 0.3 is 5.69 Å². The van der Waals surface area contributed by atoms with Crippen molar-refractivity contribution in [1.82, 2.24) is 9.13 Å². The summed E-state index contributed by atoms with van der Waals surface area (Å²) in [5.41, 5.74) is 3.81. The smallest absolute Gasteiger partial charge is 0.339 e. The van der Waals surface area contributed by atoms with E-state index in [1.54, 1.807) is 47.9 Å². The van der Waals surface area contributed by atoms with Gasteiger partial charge in [0.25, 0.3) is 0 Å². The van der Waals surface area contributed by atoms with Gasteiger partial charge in [-0.1, -0.05) is 30.7 Å². The van der Waals surface area contributed by atoms with Crippen molar-refractivity contribution in [2.24, 2.45) is 0 Å². The number of hydrogen-bond acceptors (Lipinski definition) is 4. The average Bonchev–Trinajstić information content (AvgIpc) is 3.15. The number of nitrogens with one attached hydrogen (secondary N) is 2. The average molecular weight is 485 g/mol. The van der Waals surface area contributed by atoms with Crippen molar-refractivity contribution in [3.8, 4) is 22.9 Å². The first kappa shape index (κ1) is 24.7. The fraction of sp³-hybridized carbons (Fsp3) is 0.172. The van der Waals surface area contributed by atoms with Gasteiger partial charge in [-0.15, -0.1) is 0 Å². The second-order valence-electron chi connectivity index (χ2n) is 8.66. The summed E-state index contributed by atoms with van der Waals surface area (Å²) in [5, 5.41) is 11.8. The Morgan fingerprint density at radius 2 is 1.69 bits per heavy atom. The van der Waals surface area contributed by atoms with Gasteiger partial charge in [0.05, 0.1) is 17.1 Å². The van der Waals surface area contributed by atoms with Gasteiger partial charge in [-0.05, 0) is 81.3 Å². The largest absolute Gasteiger partial charge is 0.457 e. The van der Waals surface area contributed by atoms with Crippen molar-refractivity contribution >= 4 is 11.5 Å². The highest BCUT2D eigenvalue weighted by atomic mass is 19.1. The molecular formula is C29H29FN4O2. The number of hydrogen-bond donors (Lipinski definition) is 2. The number of benzene rings is 3. The van der Waals surface area contributed by atoms with E-state index in [9.17, 15) is 9.18 Å². The lowest BCUT2D eigenvalue weighted by atomic mass is 10.2. The van der Waals surface area contributed by atoms with E-state index in [0.717, 1.165) is 17.6 Å². The van der Waals surface area contributed by atoms with Gasteiger partial charge in [-0.2, -0.15) is 0 Å². The third-order valence-corrected chi connectivity index (χ3v) is 5.81. The van der Waals surface area contributed by atoms with E-state index >= 15 is 0 Å². The monoisotopic (exact) mass is 484 g/mol. The standard InChI is InChI=1S/C29H29FN4O2/c1-5-19(2)18-32-28-27(21(4)31)33(29(35)34(28)24-10-6-8-20(3)16-24)23-12-14-25(15-13-23)36-26-11-7-9-22(30)17-26/h6-18,31-32H,5H2,1-4H3. The van der Waals surface area contributed by atoms with Gasteiger partial charge in [0.1, 0.15) is 28.8 Å². The van der Waals surface area contributed by atoms with Gasteiger partial charge in [0, 0.05) is 12.3 Å². The molecule has 4 aromatic rings. The lowest BCUT2D eigenvalue weighted by Gasteiger charge is -2.11. The number of ether oxygens (including phenoxy) is 1. The summed E-state index contributed by atoms with van der Waals surface area (Å²) in [6, 6.07) is 20.5. The molecule has 6 nitrogen and oxygen atoms in total. The highest BCUT2D eigenvalue weighted by Crippen LogP contribution is 2.27. The van der Waals surface area contributed by atoms with E-state index in [2.05, 4.69) is 12.2 Å². The van der Waals surface area contributed by atoms with Crippen molar-refractivity contribution in [2.45, 2.75) is 34.1 Å². The van der Waals surface area contributed by atoms with E-state index < -0.39 is 0 Å². The SMILES string of the molecule is CCC(C)=CNc1c(C(C)=N)n(-c2ccc(Oc3cccc(F)c3)cc2)c(=O)n1-c1cccc(C)c1. The quantitative estimate of drug-likeness (QED) is 0.265. The van der Waals surface area contributed by atoms with E-state index in [4.69, 9.17) is 10.1 Å². The molecule has 0 saturated heterocycles. The third-order valence-electron chi connectivity index (χ3n) is 5.81. The van der Waals surface area contributed by atoms with Crippen molar-refractivity contribution in [2.75, 3.05) is 5.32 Å². The van der Waals surface area contributed by atoms with E-state index in [0.29, 0.717) is 34.4 Å². The lowest BCUT2D eigenvalue weighted by molar-refractivity contribution is 0.476. The molecule has 0 aliphatic rings. The highest BCUT2D eigenvalue weighted by molar-refractivity contribution is 6.00. The zero-order chi connectivity index (χ0) is 25.8. The van der Waals surface area contributed by atoms with Crippen LogP contribution in [0, 0.1) is 18.2 Å². The first-order valence-corrected chi connectivity index (χ1v) is 11.7. The van der Waals surface area contributed by atoms with Gasteiger partial charge in [0.2, 0.25) is 0 Å². The maximum atomic E-state index is 13.9. The molecule has 0 aliphatic heterocycles. The fourth-order valence-electron chi connectivity index (χ4n) is 3.85. The summed E-state index contributed by atoms with van der Waals surface area (Å²) < 4.78 is 22.4. The Balaban J connectivity index is 1.85. The molecule has 1 aromatic heterocycles. The minimum Gasteiger partial charge on any atom is -0.457 e. The number of halogens is 1. The molecule has 3 aromatic carbocycles. The molecule has 36 heavy (non-hydrogen) atoms. The molecule has 0 atom stereocenters. The molecule has 0 amide bonds. The Kier molecular flexibility index (Phi) is 7.20. The molecule has 0 saturated carbocycles. The second-order valence-corrected chi connectivity index (χ2v) is 8.66. The summed E-state index contributed by atoms with van der Waals surface area (Å²) in [4.78, 5) is 13.9. The lowest BCUT2D eigenvalue weighted by Crippen LogP contribution is -2.23. The minimum absolute atomic E-state index is 0.239. The Labute approximate surface area is 209 Å². The van der Waals surface area contributed by atoms with Crippen LogP contribution in [0.1, 0.15) is 38.4 Å². The number of nitrogens with zero attached hydrogens (tertiary/aromatic N) is 2. The van der Waals surface area contributed by atoms with Crippen LogP contribution in [0.2, 0.25) is 0 Å². The van der Waals surface area contributed by atoms with Crippen molar-refractivity contribution in [3.05, 3.63) is 112 Å². The fourth-order valence-corrected chi connectivity index (χ4v) is 3.85. The Bertz CT molecular complexity index is 1500. The molecule has 1 heterocycles. The zero-order valence-corrected chi connectivity index (χ0v) is 20.8. The van der Waals surface area contributed by atoms with Crippen LogP contribution < -0.4 is 15.7 Å². The van der Waals surface area contributed by atoms with Gasteiger partial charge in [-0.3, -0.25) is 4.57 Å². The van der Waals surface area contributed by atoms with E-state index in [1.807, 2.05) is 44.3 Å². The molecule has 0 spiro atoms. The first-order chi connectivity index (χ1) is 17.3. The Hall–Kier alpha value is -4.39. The molecule has 0 fully saturated rings. The van der Waals surface area contributed by atoms with Crippen LogP contribution in [0.15, 0.2) is 89.4 Å². The van der Waals surface area contributed by atoms with Crippen LogP contribution in [0.3, 0.4) is 0 Å². The van der Waals surface area contributed by atoms with Crippen LogP contribution in [0.25, 0.3) is 11.4 Å². The summed E-state index contributed by atoms with van der Waals surface area (Å²) >= 11 is 0. The molecule has 184 valence electrons. The molecule has 0 radical (unpaired) electrons. The number of aromatic nitrogens is 2. The van der Waals surface area contributed by atoms with Gasteiger partial charge in [0.15, 0.2) is 0 Å². The van der Waals surface area contributed by atoms with Crippen LogP contribution in [0.4, 0.5) is 10.2 Å². The van der Waals surface area contributed by atoms with Crippen LogP contribution in [-0.4, -0.2) is 14.8 Å². The topological polar surface area (TPSA) is 72.0 Å². The normalized spacial score (nSPS) is 11.4. The first-order valence-electron chi connectivity index (χ1n) is 11.7. The van der Waals surface area contributed by atoms with Crippen LogP contribution >= 0.6 is 0 Å². The van der Waals surface area contributed by atoms with Gasteiger partial charge < -0.3 is 15.5 Å². The number of allylic oxidation sites excluding steroid dienone is 1. The zero-order valence-electron chi connectivity index (χ0n) is 20.8. The Morgan fingerprint density at radius 3 is 2.33 bits per heavy atom. The molecular weight excluding hydrogens is 455 g/mol. The number of anilines is 1. The van der Waals surface area contributed by atoms with Gasteiger partial charge in [-0.25, -0.2) is 13.8 Å². The van der Waals surface area contributed by atoms with E-state index in [-0.39, 0.29) is 17.2 Å². The second kappa shape index (κ2) is 10.5. The summed E-state index contributed by atoms with van der Waals surface area (Å²) in [5.74, 6) is 1.02. The maximum absolute atomic E-state index is 13.9. The third kappa shape index (κ3) is 5.15. The molecule has 2 N–H and O–H groups in total. The predicted octanol–water partition coefficient (Wildman–Crippen LogP) is 6.98. The molecule has 0 aliphatic carbocycles. The van der Waals surface area contributed by atoms with Crippen LogP contribution in [0.5, 0.6) is 11.5 Å². The van der Waals surface area contributed by atoms with Crippen LogP contribution in [-0.2, 0) is 0 Å². The molecule has 4 rings (SSSR count). The summed E-state index contributed by atoms with van der Waals surface area (Å²) in [6.45, 7) is 7.70. The minimum atomic E-state index is -0.383. The van der Waals surface area contributed by atoms with Crippen molar-refractivity contribution in [3.63, 3.8) is 0 Å². The molecule has 0 bridgehead atoms. The summed E-state index contributed by atoms with van der Waals surface area (Å²) in [6.07, 6.45) is 2.72. The highest BCUT2D eigenvalue weighted by Gasteiger charge is 2.23. The number of imidazole rings is 1.